The Kier molecular flexibility index (Phi) is 7.72. The molecule has 2 atom stereocenters. The van der Waals surface area contributed by atoms with Crippen molar-refractivity contribution in [3.63, 3.8) is 0 Å². The van der Waals surface area contributed by atoms with Crippen LogP contribution in [0.4, 0.5) is 18.0 Å². The van der Waals surface area contributed by atoms with Gasteiger partial charge in [0.25, 0.3) is 5.91 Å². The fourth-order valence-electron chi connectivity index (χ4n) is 4.57. The van der Waals surface area contributed by atoms with Crippen LogP contribution in [0.3, 0.4) is 0 Å². The van der Waals surface area contributed by atoms with Gasteiger partial charge >= 0.3 is 12.3 Å². The predicted molar refractivity (Wildman–Crippen MR) is 130 cm³/mol. The molecule has 2 amide bonds. The van der Waals surface area contributed by atoms with E-state index in [1.54, 1.807) is 23.0 Å². The van der Waals surface area contributed by atoms with E-state index in [2.05, 4.69) is 15.4 Å². The van der Waals surface area contributed by atoms with Crippen LogP contribution in [-0.2, 0) is 12.7 Å². The van der Waals surface area contributed by atoms with Crippen molar-refractivity contribution in [3.8, 4) is 11.1 Å². The molecule has 0 saturated carbocycles. The summed E-state index contributed by atoms with van der Waals surface area (Å²) in [7, 11) is 0. The molecule has 12 heteroatoms. The third-order valence-electron chi connectivity index (χ3n) is 6.41. The van der Waals surface area contributed by atoms with Crippen LogP contribution >= 0.6 is 11.6 Å². The summed E-state index contributed by atoms with van der Waals surface area (Å²) in [6.45, 7) is 2.91. The number of carbonyl (C=O) groups is 2. The van der Waals surface area contributed by atoms with Crippen LogP contribution in [0, 0.1) is 0 Å². The molecule has 37 heavy (non-hydrogen) atoms. The van der Waals surface area contributed by atoms with E-state index in [-0.39, 0.29) is 6.54 Å². The molecule has 196 valence electrons. The Bertz CT molecular complexity index is 1300. The number of benzene rings is 1. The number of halogens is 4. The minimum atomic E-state index is -4.77. The zero-order valence-corrected chi connectivity index (χ0v) is 20.6. The summed E-state index contributed by atoms with van der Waals surface area (Å²) in [5, 5.41) is 16.0. The maximum Gasteiger partial charge on any atom is 0.417 e. The molecule has 0 radical (unpaired) electrons. The van der Waals surface area contributed by atoms with Crippen LogP contribution in [0.1, 0.15) is 53.8 Å². The Balaban J connectivity index is 1.74. The molecule has 2 N–H and O–H groups in total. The van der Waals surface area contributed by atoms with Crippen molar-refractivity contribution in [2.75, 3.05) is 6.54 Å². The van der Waals surface area contributed by atoms with Crippen molar-refractivity contribution in [1.82, 2.24) is 25.0 Å². The Morgan fingerprint density at radius 3 is 2.70 bits per heavy atom. The Labute approximate surface area is 216 Å². The molecule has 3 heterocycles. The Hall–Kier alpha value is -3.60. The van der Waals surface area contributed by atoms with Gasteiger partial charge in [-0.3, -0.25) is 9.48 Å². The van der Waals surface area contributed by atoms with Gasteiger partial charge in [-0.1, -0.05) is 29.8 Å². The summed E-state index contributed by atoms with van der Waals surface area (Å²) >= 11 is 5.95. The number of hydrogen-bond acceptors (Lipinski definition) is 4. The largest absolute Gasteiger partial charge is 0.465 e. The third-order valence-corrected chi connectivity index (χ3v) is 6.79. The van der Waals surface area contributed by atoms with E-state index in [9.17, 15) is 27.9 Å². The Morgan fingerprint density at radius 1 is 1.24 bits per heavy atom. The van der Waals surface area contributed by atoms with Crippen LogP contribution in [0.2, 0.25) is 5.02 Å². The van der Waals surface area contributed by atoms with E-state index < -0.39 is 46.5 Å². The number of aryl methyl sites for hydroxylation is 1. The summed E-state index contributed by atoms with van der Waals surface area (Å²) in [6, 6.07) is 6.39. The van der Waals surface area contributed by atoms with Crippen LogP contribution in [0.15, 0.2) is 48.9 Å². The molecule has 3 aromatic rings. The lowest BCUT2D eigenvalue weighted by Gasteiger charge is -2.39. The van der Waals surface area contributed by atoms with Crippen molar-refractivity contribution in [2.24, 2.45) is 0 Å². The number of aromatic nitrogens is 3. The fraction of sp³-hybridized carbons (Fsp3) is 0.360. The highest BCUT2D eigenvalue weighted by Gasteiger charge is 2.38. The number of nitrogens with one attached hydrogen (secondary N) is 1. The number of carbonyl (C=O) groups excluding carboxylic acids is 1. The summed E-state index contributed by atoms with van der Waals surface area (Å²) in [4.78, 5) is 30.3. The van der Waals surface area contributed by atoms with Gasteiger partial charge in [0, 0.05) is 31.0 Å². The second-order valence-electron chi connectivity index (χ2n) is 8.72. The first-order valence-corrected chi connectivity index (χ1v) is 12.1. The van der Waals surface area contributed by atoms with Gasteiger partial charge in [0.2, 0.25) is 0 Å². The molecule has 2 aromatic heterocycles. The average Bonchev–Trinajstić information content (AvgIpc) is 3.36. The monoisotopic (exact) mass is 535 g/mol. The maximum atomic E-state index is 13.4. The van der Waals surface area contributed by atoms with Crippen molar-refractivity contribution in [2.45, 2.75) is 51.0 Å². The maximum absolute atomic E-state index is 13.4. The van der Waals surface area contributed by atoms with Crippen LogP contribution in [-0.4, -0.2) is 49.4 Å². The molecular weight excluding hydrogens is 511 g/mol. The zero-order valence-electron chi connectivity index (χ0n) is 19.9. The second-order valence-corrected chi connectivity index (χ2v) is 9.10. The number of amides is 2. The minimum Gasteiger partial charge on any atom is -0.465 e. The number of likely N-dealkylation sites (tertiary alicyclic amines) is 1. The number of carboxylic acid groups (broad SMARTS) is 1. The molecule has 1 unspecified atom stereocenters. The predicted octanol–water partition coefficient (Wildman–Crippen LogP) is 5.64. The number of alkyl halides is 3. The average molecular weight is 536 g/mol. The summed E-state index contributed by atoms with van der Waals surface area (Å²) < 4.78 is 41.8. The lowest BCUT2D eigenvalue weighted by molar-refractivity contribution is -0.137. The first-order chi connectivity index (χ1) is 17.6. The van der Waals surface area contributed by atoms with Gasteiger partial charge in [0.05, 0.1) is 28.9 Å². The van der Waals surface area contributed by atoms with E-state index in [1.165, 1.54) is 4.90 Å². The quantitative estimate of drug-likeness (QED) is 0.425. The summed E-state index contributed by atoms with van der Waals surface area (Å²) in [5.41, 5.74) is 0.459. The molecular formula is C25H25ClF3N5O3. The van der Waals surface area contributed by atoms with Crippen molar-refractivity contribution in [3.05, 3.63) is 70.8 Å². The number of hydrogen-bond donors (Lipinski definition) is 2. The fourth-order valence-corrected chi connectivity index (χ4v) is 4.88. The third kappa shape index (κ3) is 5.71. The molecule has 4 rings (SSSR count). The first-order valence-electron chi connectivity index (χ1n) is 11.7. The summed E-state index contributed by atoms with van der Waals surface area (Å²) in [6.07, 6.45) is 0.380. The molecule has 0 aliphatic carbocycles. The van der Waals surface area contributed by atoms with Gasteiger partial charge in [-0.15, -0.1) is 0 Å². The standard InChI is InChI=1S/C25H25ClF3N5O3/c1-2-33-14-17(13-31-33)15-6-5-7-16(12-15)21(19-8-3-4-11-34(19)24(36)37)32-23(35)22-20(26)18(9-10-30-22)25(27,28)29/h5-7,9-10,12-14,19,21H,2-4,8,11H2,1H3,(H,32,35)(H,36,37)/t19-,21?/m0/s1. The Morgan fingerprint density at radius 2 is 2.03 bits per heavy atom. The van der Waals surface area contributed by atoms with Gasteiger partial charge in [-0.05, 0) is 49.4 Å². The summed E-state index contributed by atoms with van der Waals surface area (Å²) in [5.74, 6) is -0.929. The van der Waals surface area contributed by atoms with Gasteiger partial charge in [0.15, 0.2) is 0 Å². The molecule has 0 bridgehead atoms. The highest BCUT2D eigenvalue weighted by Crippen LogP contribution is 2.36. The normalized spacial score (nSPS) is 16.9. The molecule has 8 nitrogen and oxygen atoms in total. The smallest absolute Gasteiger partial charge is 0.417 e. The molecule has 1 fully saturated rings. The molecule has 1 saturated heterocycles. The van der Waals surface area contributed by atoms with E-state index in [1.807, 2.05) is 25.3 Å². The van der Waals surface area contributed by atoms with E-state index in [0.717, 1.165) is 23.7 Å². The zero-order chi connectivity index (χ0) is 26.7. The highest BCUT2D eigenvalue weighted by molar-refractivity contribution is 6.34. The molecule has 1 aliphatic heterocycles. The van der Waals surface area contributed by atoms with Gasteiger partial charge in [-0.25, -0.2) is 9.78 Å². The first kappa shape index (κ1) is 26.5. The number of piperidine rings is 1. The van der Waals surface area contributed by atoms with E-state index >= 15 is 0 Å². The number of nitrogens with zero attached hydrogens (tertiary/aromatic N) is 4. The lowest BCUT2D eigenvalue weighted by atomic mass is 9.89. The number of pyridine rings is 1. The van der Waals surface area contributed by atoms with Crippen LogP contribution in [0.5, 0.6) is 0 Å². The SMILES string of the molecule is CCn1cc(-c2cccc(C(NC(=O)c3nccc(C(F)(F)F)c3Cl)[C@@H]3CCCCN3C(=O)O)c2)cn1. The van der Waals surface area contributed by atoms with Gasteiger partial charge < -0.3 is 15.3 Å². The molecule has 1 aliphatic rings. The van der Waals surface area contributed by atoms with Crippen molar-refractivity contribution >= 4 is 23.6 Å². The topological polar surface area (TPSA) is 100 Å². The van der Waals surface area contributed by atoms with Crippen LogP contribution < -0.4 is 5.32 Å². The number of rotatable bonds is 6. The van der Waals surface area contributed by atoms with Gasteiger partial charge in [0.1, 0.15) is 5.69 Å². The van der Waals surface area contributed by atoms with Crippen molar-refractivity contribution < 1.29 is 27.9 Å². The molecule has 1 aromatic carbocycles. The highest BCUT2D eigenvalue weighted by atomic mass is 35.5. The van der Waals surface area contributed by atoms with E-state index in [0.29, 0.717) is 31.0 Å². The van der Waals surface area contributed by atoms with Crippen molar-refractivity contribution in [1.29, 1.82) is 0 Å². The minimum absolute atomic E-state index is 0.276. The van der Waals surface area contributed by atoms with E-state index in [4.69, 9.17) is 11.6 Å². The second kappa shape index (κ2) is 10.8. The van der Waals surface area contributed by atoms with Crippen LogP contribution in [0.25, 0.3) is 11.1 Å². The van der Waals surface area contributed by atoms with Gasteiger partial charge in [-0.2, -0.15) is 18.3 Å². The molecule has 0 spiro atoms. The lowest BCUT2D eigenvalue weighted by Crippen LogP contribution is -2.50.